The number of aromatic amines is 1. The number of hydrogen-bond acceptors (Lipinski definition) is 2. The van der Waals surface area contributed by atoms with Gasteiger partial charge in [0.1, 0.15) is 6.29 Å². The lowest BCUT2D eigenvalue weighted by atomic mass is 10.0. The summed E-state index contributed by atoms with van der Waals surface area (Å²) in [7, 11) is 0. The van der Waals surface area contributed by atoms with Crippen molar-refractivity contribution in [1.82, 2.24) is 4.98 Å². The Balaban J connectivity index is 1.85. The highest BCUT2D eigenvalue weighted by molar-refractivity contribution is 5.51. The monoisotopic (exact) mass is 243 g/mol. The number of carbonyl (C=O) groups is 1. The molecule has 0 fully saturated rings. The molecule has 3 nitrogen and oxygen atoms in total. The lowest BCUT2D eigenvalue weighted by Gasteiger charge is -2.13. The van der Waals surface area contributed by atoms with E-state index < -0.39 is 0 Å². The number of hydrogen-bond donors (Lipinski definition) is 1. The first-order valence-corrected chi connectivity index (χ1v) is 6.08. The maximum absolute atomic E-state index is 10.7. The lowest BCUT2D eigenvalue weighted by molar-refractivity contribution is -0.108. The molecule has 3 heteroatoms. The summed E-state index contributed by atoms with van der Waals surface area (Å²) in [5, 5.41) is 0. The zero-order valence-electron chi connectivity index (χ0n) is 10.2. The second kappa shape index (κ2) is 6.77. The van der Waals surface area contributed by atoms with Crippen LogP contribution in [0, 0.1) is 0 Å². The summed E-state index contributed by atoms with van der Waals surface area (Å²) in [6, 6.07) is 14.0. The molecule has 0 spiro atoms. The van der Waals surface area contributed by atoms with Crippen molar-refractivity contribution >= 4 is 6.29 Å². The number of rotatable bonds is 7. The van der Waals surface area contributed by atoms with Crippen molar-refractivity contribution in [3.05, 3.63) is 59.9 Å². The Bertz CT molecular complexity index is 451. The fraction of sp³-hybridized carbons (Fsp3) is 0.267. The first-order chi connectivity index (χ1) is 8.90. The minimum Gasteiger partial charge on any atom is -0.376 e. The van der Waals surface area contributed by atoms with Crippen molar-refractivity contribution in [3.63, 3.8) is 0 Å². The molecule has 0 saturated carbocycles. The van der Waals surface area contributed by atoms with Crippen LogP contribution in [0.1, 0.15) is 23.6 Å². The third-order valence-corrected chi connectivity index (χ3v) is 2.87. The van der Waals surface area contributed by atoms with E-state index in [0.717, 1.165) is 17.5 Å². The maximum Gasteiger partial charge on any atom is 0.120 e. The van der Waals surface area contributed by atoms with Gasteiger partial charge in [-0.3, -0.25) is 0 Å². The minimum absolute atomic E-state index is 0.112. The third-order valence-electron chi connectivity index (χ3n) is 2.87. The summed E-state index contributed by atoms with van der Waals surface area (Å²) in [5.41, 5.74) is 2.20. The lowest BCUT2D eigenvalue weighted by Crippen LogP contribution is -2.09. The summed E-state index contributed by atoms with van der Waals surface area (Å²) in [4.78, 5) is 13.8. The van der Waals surface area contributed by atoms with Crippen LogP contribution in [-0.4, -0.2) is 17.9 Å². The normalized spacial score (nSPS) is 12.2. The van der Waals surface area contributed by atoms with E-state index in [1.165, 1.54) is 0 Å². The number of aldehydes is 1. The van der Waals surface area contributed by atoms with Gasteiger partial charge in [-0.1, -0.05) is 30.3 Å². The fourth-order valence-corrected chi connectivity index (χ4v) is 1.89. The Kier molecular flexibility index (Phi) is 4.73. The van der Waals surface area contributed by atoms with E-state index in [9.17, 15) is 4.79 Å². The quantitative estimate of drug-likeness (QED) is 0.760. The first-order valence-electron chi connectivity index (χ1n) is 6.08. The number of benzene rings is 1. The van der Waals surface area contributed by atoms with E-state index in [1.807, 2.05) is 48.7 Å². The molecule has 0 aliphatic carbocycles. The predicted molar refractivity (Wildman–Crippen MR) is 70.3 cm³/mol. The molecule has 0 bridgehead atoms. The number of aromatic nitrogens is 1. The van der Waals surface area contributed by atoms with Gasteiger partial charge in [0.05, 0.1) is 13.2 Å². The zero-order chi connectivity index (χ0) is 12.6. The molecule has 0 radical (unpaired) electrons. The topological polar surface area (TPSA) is 42.1 Å². The predicted octanol–water partition coefficient (Wildman–Crippen LogP) is 2.90. The molecule has 0 aliphatic rings. The molecule has 1 atom stereocenters. The van der Waals surface area contributed by atoms with Crippen molar-refractivity contribution in [2.75, 3.05) is 6.61 Å². The van der Waals surface area contributed by atoms with Crippen LogP contribution >= 0.6 is 0 Å². The molecule has 1 aromatic carbocycles. The van der Waals surface area contributed by atoms with Crippen molar-refractivity contribution < 1.29 is 9.53 Å². The Morgan fingerprint density at radius 3 is 2.67 bits per heavy atom. The molecule has 2 rings (SSSR count). The standard InChI is InChI=1S/C15H17NO2/c17-10-8-14(15-7-4-9-16-15)12-18-11-13-5-2-1-3-6-13/h1-7,9-10,14,16H,8,11-12H2/t14-/m1/s1. The van der Waals surface area contributed by atoms with Crippen LogP contribution in [0.4, 0.5) is 0 Å². The summed E-state index contributed by atoms with van der Waals surface area (Å²) in [6.07, 6.45) is 3.29. The van der Waals surface area contributed by atoms with Gasteiger partial charge in [0.15, 0.2) is 0 Å². The van der Waals surface area contributed by atoms with Crippen LogP contribution in [0.2, 0.25) is 0 Å². The van der Waals surface area contributed by atoms with Gasteiger partial charge in [-0.25, -0.2) is 0 Å². The van der Waals surface area contributed by atoms with Crippen LogP contribution in [0.15, 0.2) is 48.7 Å². The number of H-pyrrole nitrogens is 1. The third kappa shape index (κ3) is 3.57. The largest absolute Gasteiger partial charge is 0.376 e. The Morgan fingerprint density at radius 2 is 2.00 bits per heavy atom. The zero-order valence-corrected chi connectivity index (χ0v) is 10.2. The van der Waals surface area contributed by atoms with Gasteiger partial charge in [-0.2, -0.15) is 0 Å². The smallest absolute Gasteiger partial charge is 0.120 e. The summed E-state index contributed by atoms with van der Waals surface area (Å²) < 4.78 is 5.68. The molecule has 0 amide bonds. The molecular formula is C15H17NO2. The highest BCUT2D eigenvalue weighted by Crippen LogP contribution is 2.17. The molecule has 2 aromatic rings. The van der Waals surface area contributed by atoms with Crippen LogP contribution in [0.3, 0.4) is 0 Å². The minimum atomic E-state index is 0.112. The molecule has 0 aliphatic heterocycles. The summed E-state index contributed by atoms with van der Waals surface area (Å²) in [6.45, 7) is 1.13. The van der Waals surface area contributed by atoms with E-state index in [0.29, 0.717) is 19.6 Å². The van der Waals surface area contributed by atoms with Gasteiger partial charge in [-0.05, 0) is 17.7 Å². The molecule has 1 aromatic heterocycles. The molecule has 0 unspecified atom stereocenters. The van der Waals surface area contributed by atoms with Gasteiger partial charge in [-0.15, -0.1) is 0 Å². The van der Waals surface area contributed by atoms with Crippen LogP contribution in [0.25, 0.3) is 0 Å². The van der Waals surface area contributed by atoms with Gasteiger partial charge in [0.25, 0.3) is 0 Å². The molecule has 1 heterocycles. The Labute approximate surface area is 107 Å². The molecule has 18 heavy (non-hydrogen) atoms. The van der Waals surface area contributed by atoms with Gasteiger partial charge in [0.2, 0.25) is 0 Å². The van der Waals surface area contributed by atoms with E-state index >= 15 is 0 Å². The van der Waals surface area contributed by atoms with Crippen LogP contribution in [-0.2, 0) is 16.1 Å². The molecule has 1 N–H and O–H groups in total. The Hall–Kier alpha value is -1.87. The highest BCUT2D eigenvalue weighted by atomic mass is 16.5. The summed E-state index contributed by atoms with van der Waals surface area (Å²) >= 11 is 0. The van der Waals surface area contributed by atoms with E-state index in [2.05, 4.69) is 4.98 Å². The van der Waals surface area contributed by atoms with Crippen molar-refractivity contribution in [3.8, 4) is 0 Å². The molecular weight excluding hydrogens is 226 g/mol. The fourth-order valence-electron chi connectivity index (χ4n) is 1.89. The van der Waals surface area contributed by atoms with Crippen LogP contribution < -0.4 is 0 Å². The van der Waals surface area contributed by atoms with E-state index in [-0.39, 0.29) is 5.92 Å². The SMILES string of the molecule is O=CC[C@H](COCc1ccccc1)c1ccc[nH]1. The Morgan fingerprint density at radius 1 is 1.17 bits per heavy atom. The second-order valence-corrected chi connectivity index (χ2v) is 4.23. The number of ether oxygens (including phenoxy) is 1. The summed E-state index contributed by atoms with van der Waals surface area (Å²) in [5.74, 6) is 0.112. The average Bonchev–Trinajstić information content (AvgIpc) is 2.93. The van der Waals surface area contributed by atoms with E-state index in [1.54, 1.807) is 0 Å². The van der Waals surface area contributed by atoms with Gasteiger partial charge >= 0.3 is 0 Å². The second-order valence-electron chi connectivity index (χ2n) is 4.23. The van der Waals surface area contributed by atoms with Crippen molar-refractivity contribution in [2.24, 2.45) is 0 Å². The van der Waals surface area contributed by atoms with Crippen LogP contribution in [0.5, 0.6) is 0 Å². The van der Waals surface area contributed by atoms with E-state index in [4.69, 9.17) is 4.74 Å². The van der Waals surface area contributed by atoms with Gasteiger partial charge < -0.3 is 14.5 Å². The van der Waals surface area contributed by atoms with Crippen molar-refractivity contribution in [1.29, 1.82) is 0 Å². The van der Waals surface area contributed by atoms with Crippen molar-refractivity contribution in [2.45, 2.75) is 18.9 Å². The maximum atomic E-state index is 10.7. The van der Waals surface area contributed by atoms with Gasteiger partial charge in [0, 0.05) is 24.2 Å². The molecule has 0 saturated heterocycles. The highest BCUT2D eigenvalue weighted by Gasteiger charge is 2.12. The molecule has 94 valence electrons. The first kappa shape index (κ1) is 12.6. The number of carbonyl (C=O) groups excluding carboxylic acids is 1. The number of nitrogens with one attached hydrogen (secondary N) is 1. The average molecular weight is 243 g/mol.